The Balaban J connectivity index is 0.00000133. The van der Waals surface area contributed by atoms with Gasteiger partial charge in [0.05, 0.1) is 17.3 Å². The lowest BCUT2D eigenvalue weighted by molar-refractivity contribution is -0.137. The number of piperidine rings is 1. The van der Waals surface area contributed by atoms with Gasteiger partial charge < -0.3 is 5.32 Å². The van der Waals surface area contributed by atoms with Gasteiger partial charge in [-0.3, -0.25) is 4.98 Å². The molecule has 1 saturated heterocycles. The van der Waals surface area contributed by atoms with Crippen LogP contribution in [0.1, 0.15) is 43.0 Å². The van der Waals surface area contributed by atoms with E-state index in [9.17, 15) is 13.2 Å². The van der Waals surface area contributed by atoms with Crippen molar-refractivity contribution in [2.24, 2.45) is 5.41 Å². The Hall–Kier alpha value is -0.810. The molecule has 2 heterocycles. The highest BCUT2D eigenvalue weighted by Gasteiger charge is 2.46. The fourth-order valence-corrected chi connectivity index (χ4v) is 2.74. The van der Waals surface area contributed by atoms with E-state index in [0.29, 0.717) is 5.41 Å². The summed E-state index contributed by atoms with van der Waals surface area (Å²) in [5.74, 6) is 0. The third-order valence-corrected chi connectivity index (χ3v) is 4.11. The Kier molecular flexibility index (Phi) is 3.80. The van der Waals surface area contributed by atoms with Crippen LogP contribution in [0.5, 0.6) is 0 Å². The van der Waals surface area contributed by atoms with Crippen molar-refractivity contribution in [2.75, 3.05) is 6.54 Å². The average Bonchev–Trinajstić information content (AvgIpc) is 3.08. The zero-order chi connectivity index (χ0) is 12.8. The van der Waals surface area contributed by atoms with Gasteiger partial charge >= 0.3 is 6.18 Å². The normalized spacial score (nSPS) is 24.9. The Morgan fingerprint density at radius 1 is 1.21 bits per heavy atom. The highest BCUT2D eigenvalue weighted by molar-refractivity contribution is 5.85. The van der Waals surface area contributed by atoms with Crippen LogP contribution < -0.4 is 5.32 Å². The van der Waals surface area contributed by atoms with Gasteiger partial charge in [0.15, 0.2) is 0 Å². The van der Waals surface area contributed by atoms with Crippen LogP contribution in [0.3, 0.4) is 0 Å². The number of hydrogen-bond donors (Lipinski definition) is 1. The summed E-state index contributed by atoms with van der Waals surface area (Å²) in [7, 11) is 0. The summed E-state index contributed by atoms with van der Waals surface area (Å²) in [6, 6.07) is 2.74. The standard InChI is InChI=1S/C13H15F3N2.ClH/c14-13(15,16)9-1-2-10(18-8-9)11-7-12(3-4-12)5-6-17-11;/h1-2,8,11,17H,3-7H2;1H. The van der Waals surface area contributed by atoms with E-state index in [1.165, 1.54) is 25.3 Å². The fraction of sp³-hybridized carbons (Fsp3) is 0.615. The summed E-state index contributed by atoms with van der Waals surface area (Å²) in [5, 5.41) is 3.35. The molecule has 6 heteroatoms. The quantitative estimate of drug-likeness (QED) is 0.853. The second-order valence-corrected chi connectivity index (χ2v) is 5.43. The lowest BCUT2D eigenvalue weighted by Gasteiger charge is -2.30. The molecule has 1 aliphatic heterocycles. The van der Waals surface area contributed by atoms with Gasteiger partial charge in [0, 0.05) is 6.20 Å². The van der Waals surface area contributed by atoms with Crippen molar-refractivity contribution in [3.05, 3.63) is 29.6 Å². The first kappa shape index (κ1) is 14.6. The van der Waals surface area contributed by atoms with Gasteiger partial charge in [-0.25, -0.2) is 0 Å². The molecular formula is C13H16ClF3N2. The Morgan fingerprint density at radius 3 is 2.47 bits per heavy atom. The second-order valence-electron chi connectivity index (χ2n) is 5.43. The van der Waals surface area contributed by atoms with Crippen LogP contribution >= 0.6 is 12.4 Å². The summed E-state index contributed by atoms with van der Waals surface area (Å²) < 4.78 is 37.3. The smallest absolute Gasteiger partial charge is 0.309 e. The van der Waals surface area contributed by atoms with Crippen molar-refractivity contribution in [1.82, 2.24) is 10.3 Å². The third-order valence-electron chi connectivity index (χ3n) is 4.11. The summed E-state index contributed by atoms with van der Waals surface area (Å²) in [4.78, 5) is 3.98. The molecule has 2 fully saturated rings. The van der Waals surface area contributed by atoms with Crippen molar-refractivity contribution >= 4 is 12.4 Å². The molecule has 2 aliphatic rings. The van der Waals surface area contributed by atoms with Crippen molar-refractivity contribution < 1.29 is 13.2 Å². The fourth-order valence-electron chi connectivity index (χ4n) is 2.74. The van der Waals surface area contributed by atoms with Gasteiger partial charge in [-0.1, -0.05) is 0 Å². The first-order chi connectivity index (χ1) is 8.49. The van der Waals surface area contributed by atoms with Gasteiger partial charge in [0.1, 0.15) is 0 Å². The Labute approximate surface area is 116 Å². The molecule has 1 aromatic rings. The Bertz CT molecular complexity index is 440. The van der Waals surface area contributed by atoms with Crippen molar-refractivity contribution in [2.45, 2.75) is 37.9 Å². The topological polar surface area (TPSA) is 24.9 Å². The molecule has 0 aromatic carbocycles. The zero-order valence-corrected chi connectivity index (χ0v) is 11.2. The molecule has 19 heavy (non-hydrogen) atoms. The highest BCUT2D eigenvalue weighted by Crippen LogP contribution is 2.55. The summed E-state index contributed by atoms with van der Waals surface area (Å²) >= 11 is 0. The minimum atomic E-state index is -4.30. The van der Waals surface area contributed by atoms with Crippen LogP contribution in [-0.4, -0.2) is 11.5 Å². The minimum absolute atomic E-state index is 0. The maximum atomic E-state index is 12.4. The summed E-state index contributed by atoms with van der Waals surface area (Å²) in [6.07, 6.45) is 1.33. The summed E-state index contributed by atoms with van der Waals surface area (Å²) in [6.45, 7) is 0.938. The molecule has 2 nitrogen and oxygen atoms in total. The lowest BCUT2D eigenvalue weighted by Crippen LogP contribution is -2.33. The van der Waals surface area contributed by atoms with Crippen molar-refractivity contribution in [1.29, 1.82) is 0 Å². The minimum Gasteiger partial charge on any atom is -0.309 e. The van der Waals surface area contributed by atoms with E-state index in [4.69, 9.17) is 0 Å². The van der Waals surface area contributed by atoms with E-state index in [1.807, 2.05) is 0 Å². The van der Waals surface area contributed by atoms with Crippen LogP contribution in [-0.2, 0) is 6.18 Å². The molecule has 106 valence electrons. The second kappa shape index (κ2) is 4.94. The van der Waals surface area contributed by atoms with E-state index < -0.39 is 11.7 Å². The van der Waals surface area contributed by atoms with Crippen molar-refractivity contribution in [3.8, 4) is 0 Å². The monoisotopic (exact) mass is 292 g/mol. The van der Waals surface area contributed by atoms with Crippen LogP contribution in [0.25, 0.3) is 0 Å². The number of alkyl halides is 3. The number of nitrogens with one attached hydrogen (secondary N) is 1. The maximum absolute atomic E-state index is 12.4. The lowest BCUT2D eigenvalue weighted by atomic mass is 9.88. The number of aromatic nitrogens is 1. The number of halogens is 4. The van der Waals surface area contributed by atoms with Gasteiger partial charge in [0.2, 0.25) is 0 Å². The van der Waals surface area contributed by atoms with Gasteiger partial charge in [-0.15, -0.1) is 12.4 Å². The predicted molar refractivity (Wildman–Crippen MR) is 68.1 cm³/mol. The molecule has 1 saturated carbocycles. The van der Waals surface area contributed by atoms with E-state index in [2.05, 4.69) is 10.3 Å². The van der Waals surface area contributed by atoms with Crippen LogP contribution in [0.4, 0.5) is 13.2 Å². The average molecular weight is 293 g/mol. The van der Waals surface area contributed by atoms with E-state index in [1.54, 1.807) is 0 Å². The first-order valence-corrected chi connectivity index (χ1v) is 6.25. The molecule has 1 unspecified atom stereocenters. The van der Waals surface area contributed by atoms with Gasteiger partial charge in [-0.05, 0) is 49.8 Å². The zero-order valence-electron chi connectivity index (χ0n) is 10.3. The van der Waals surface area contributed by atoms with E-state index in [-0.39, 0.29) is 18.4 Å². The van der Waals surface area contributed by atoms with Gasteiger partial charge in [-0.2, -0.15) is 13.2 Å². The molecule has 3 rings (SSSR count). The molecule has 0 radical (unpaired) electrons. The molecule has 1 N–H and O–H groups in total. The first-order valence-electron chi connectivity index (χ1n) is 6.25. The van der Waals surface area contributed by atoms with Crippen LogP contribution in [0, 0.1) is 5.41 Å². The largest absolute Gasteiger partial charge is 0.417 e. The highest BCUT2D eigenvalue weighted by atomic mass is 35.5. The molecular weight excluding hydrogens is 277 g/mol. The predicted octanol–water partition coefficient (Wildman–Crippen LogP) is 3.73. The number of rotatable bonds is 1. The number of pyridine rings is 1. The SMILES string of the molecule is Cl.FC(F)(F)c1ccc(C2CC3(CCN2)CC3)nc1. The third kappa shape index (κ3) is 3.03. The van der Waals surface area contributed by atoms with E-state index in [0.717, 1.165) is 30.9 Å². The Morgan fingerprint density at radius 2 is 1.95 bits per heavy atom. The van der Waals surface area contributed by atoms with Crippen LogP contribution in [0.2, 0.25) is 0 Å². The maximum Gasteiger partial charge on any atom is 0.417 e. The van der Waals surface area contributed by atoms with Gasteiger partial charge in [0.25, 0.3) is 0 Å². The van der Waals surface area contributed by atoms with E-state index >= 15 is 0 Å². The summed E-state index contributed by atoms with van der Waals surface area (Å²) in [5.41, 5.74) is 0.512. The molecule has 1 aliphatic carbocycles. The van der Waals surface area contributed by atoms with Crippen LogP contribution in [0.15, 0.2) is 18.3 Å². The molecule has 1 aromatic heterocycles. The number of nitrogens with zero attached hydrogens (tertiary/aromatic N) is 1. The van der Waals surface area contributed by atoms with Crippen molar-refractivity contribution in [3.63, 3.8) is 0 Å². The number of hydrogen-bond acceptors (Lipinski definition) is 2. The molecule has 0 amide bonds. The molecule has 1 atom stereocenters. The molecule has 1 spiro atoms. The molecule has 0 bridgehead atoms.